The topological polar surface area (TPSA) is 15.3 Å². The highest BCUT2D eigenvalue weighted by Crippen LogP contribution is 2.43. The summed E-state index contributed by atoms with van der Waals surface area (Å²) in [5.74, 6) is 0. The number of nitrogens with zero attached hydrogens (tertiary/aromatic N) is 1. The minimum Gasteiger partial charge on any atom is -0.308 e. The van der Waals surface area contributed by atoms with E-state index in [0.717, 1.165) is 17.8 Å². The highest BCUT2D eigenvalue weighted by Gasteiger charge is 2.28. The molecule has 0 spiro atoms. The summed E-state index contributed by atoms with van der Waals surface area (Å²) < 4.78 is 1.54. The molecule has 4 heteroatoms. The molecule has 0 radical (unpaired) electrons. The first-order valence-electron chi connectivity index (χ1n) is 7.49. The number of thiophene rings is 1. The molecule has 2 aliphatic heterocycles. The van der Waals surface area contributed by atoms with Gasteiger partial charge in [-0.05, 0) is 49.4 Å². The SMILES string of the molecule is CCN1CCCC1CNC1C[C@H](C)Sc2sccc21. The van der Waals surface area contributed by atoms with Crippen LogP contribution < -0.4 is 5.32 Å². The Morgan fingerprint density at radius 3 is 3.21 bits per heavy atom. The van der Waals surface area contributed by atoms with Gasteiger partial charge in [0.1, 0.15) is 0 Å². The molecule has 0 bridgehead atoms. The lowest BCUT2D eigenvalue weighted by Gasteiger charge is -2.30. The van der Waals surface area contributed by atoms with Crippen molar-refractivity contribution in [3.63, 3.8) is 0 Å². The standard InChI is InChI=1S/C15H24N2S2/c1-3-17-7-4-5-12(17)10-16-14-9-11(2)19-15-13(14)6-8-18-15/h6,8,11-12,14,16H,3-5,7,9-10H2,1-2H3/t11-,12?,14?/m0/s1. The second kappa shape index (κ2) is 6.17. The van der Waals surface area contributed by atoms with E-state index in [0.29, 0.717) is 6.04 Å². The first-order valence-corrected chi connectivity index (χ1v) is 9.25. The van der Waals surface area contributed by atoms with Crippen molar-refractivity contribution in [2.24, 2.45) is 0 Å². The predicted octanol–water partition coefficient (Wildman–Crippen LogP) is 3.75. The molecule has 3 heterocycles. The van der Waals surface area contributed by atoms with Gasteiger partial charge in [0.25, 0.3) is 0 Å². The van der Waals surface area contributed by atoms with Crippen LogP contribution in [-0.4, -0.2) is 35.8 Å². The summed E-state index contributed by atoms with van der Waals surface area (Å²) in [6.45, 7) is 8.30. The van der Waals surface area contributed by atoms with Gasteiger partial charge in [-0.25, -0.2) is 0 Å². The summed E-state index contributed by atoms with van der Waals surface area (Å²) in [5.41, 5.74) is 1.55. The summed E-state index contributed by atoms with van der Waals surface area (Å²) in [7, 11) is 0. The van der Waals surface area contributed by atoms with Gasteiger partial charge in [-0.1, -0.05) is 13.8 Å². The highest BCUT2D eigenvalue weighted by molar-refractivity contribution is 8.01. The van der Waals surface area contributed by atoms with E-state index in [-0.39, 0.29) is 0 Å². The Bertz CT molecular complexity index is 418. The van der Waals surface area contributed by atoms with Crippen LogP contribution in [0.4, 0.5) is 0 Å². The fraction of sp³-hybridized carbons (Fsp3) is 0.733. The number of fused-ring (bicyclic) bond motifs is 1. The van der Waals surface area contributed by atoms with Crippen LogP contribution in [0.2, 0.25) is 0 Å². The molecule has 106 valence electrons. The van der Waals surface area contributed by atoms with Gasteiger partial charge in [-0.3, -0.25) is 4.90 Å². The van der Waals surface area contributed by atoms with E-state index in [1.54, 1.807) is 5.56 Å². The van der Waals surface area contributed by atoms with E-state index in [9.17, 15) is 0 Å². The zero-order valence-corrected chi connectivity index (χ0v) is 13.5. The Labute approximate surface area is 125 Å². The molecule has 1 aromatic heterocycles. The van der Waals surface area contributed by atoms with Crippen LogP contribution in [0.25, 0.3) is 0 Å². The van der Waals surface area contributed by atoms with E-state index in [2.05, 4.69) is 47.3 Å². The van der Waals surface area contributed by atoms with Crippen molar-refractivity contribution in [3.8, 4) is 0 Å². The lowest BCUT2D eigenvalue weighted by atomic mass is 10.0. The number of rotatable bonds is 4. The molecule has 3 atom stereocenters. The lowest BCUT2D eigenvalue weighted by Crippen LogP contribution is -2.40. The maximum absolute atomic E-state index is 3.85. The number of likely N-dealkylation sites (N-methyl/N-ethyl adjacent to an activating group) is 1. The second-order valence-corrected chi connectivity index (χ2v) is 8.34. The first-order chi connectivity index (χ1) is 9.28. The molecule has 0 amide bonds. The van der Waals surface area contributed by atoms with Gasteiger partial charge >= 0.3 is 0 Å². The molecular formula is C15H24N2S2. The van der Waals surface area contributed by atoms with Crippen LogP contribution in [0.15, 0.2) is 15.7 Å². The molecule has 0 aliphatic carbocycles. The molecule has 1 N–H and O–H groups in total. The average Bonchev–Trinajstić information content (AvgIpc) is 3.03. The minimum absolute atomic E-state index is 0.580. The smallest absolute Gasteiger partial charge is 0.0649 e. The quantitative estimate of drug-likeness (QED) is 0.911. The van der Waals surface area contributed by atoms with Gasteiger partial charge in [0, 0.05) is 23.9 Å². The fourth-order valence-electron chi connectivity index (χ4n) is 3.36. The third kappa shape index (κ3) is 3.02. The average molecular weight is 297 g/mol. The minimum atomic E-state index is 0.580. The molecule has 2 nitrogen and oxygen atoms in total. The maximum atomic E-state index is 3.85. The van der Waals surface area contributed by atoms with Crippen molar-refractivity contribution in [3.05, 3.63) is 17.0 Å². The second-order valence-electron chi connectivity index (χ2n) is 5.71. The first kappa shape index (κ1) is 13.9. The summed E-state index contributed by atoms with van der Waals surface area (Å²) in [5, 5.41) is 6.85. The Hall–Kier alpha value is -0.0300. The number of likely N-dealkylation sites (tertiary alicyclic amines) is 1. The summed E-state index contributed by atoms with van der Waals surface area (Å²) >= 11 is 3.96. The van der Waals surface area contributed by atoms with Crippen LogP contribution in [0, 0.1) is 0 Å². The zero-order chi connectivity index (χ0) is 13.2. The Morgan fingerprint density at radius 1 is 1.47 bits per heavy atom. The molecular weight excluding hydrogens is 272 g/mol. The third-order valence-corrected chi connectivity index (χ3v) is 6.76. The van der Waals surface area contributed by atoms with Gasteiger partial charge in [-0.15, -0.1) is 23.1 Å². The van der Waals surface area contributed by atoms with Crippen LogP contribution in [0.5, 0.6) is 0 Å². The van der Waals surface area contributed by atoms with Crippen LogP contribution in [-0.2, 0) is 0 Å². The maximum Gasteiger partial charge on any atom is 0.0649 e. The van der Waals surface area contributed by atoms with Crippen molar-refractivity contribution >= 4 is 23.1 Å². The van der Waals surface area contributed by atoms with E-state index < -0.39 is 0 Å². The molecule has 1 aromatic rings. The largest absolute Gasteiger partial charge is 0.308 e. The fourth-order valence-corrected chi connectivity index (χ4v) is 5.93. The number of hydrogen-bond acceptors (Lipinski definition) is 4. The lowest BCUT2D eigenvalue weighted by molar-refractivity contribution is 0.252. The normalized spacial score (nSPS) is 31.6. The zero-order valence-electron chi connectivity index (χ0n) is 11.9. The number of thioether (sulfide) groups is 1. The summed E-state index contributed by atoms with van der Waals surface area (Å²) in [6, 6.07) is 3.66. The van der Waals surface area contributed by atoms with Gasteiger partial charge in [0.2, 0.25) is 0 Å². The van der Waals surface area contributed by atoms with Gasteiger partial charge in [0.15, 0.2) is 0 Å². The monoisotopic (exact) mass is 296 g/mol. The number of hydrogen-bond donors (Lipinski definition) is 1. The molecule has 0 aromatic carbocycles. The third-order valence-electron chi connectivity index (χ3n) is 4.41. The van der Waals surface area contributed by atoms with E-state index >= 15 is 0 Å². The summed E-state index contributed by atoms with van der Waals surface area (Å²) in [6.07, 6.45) is 4.02. The predicted molar refractivity (Wildman–Crippen MR) is 85.3 cm³/mol. The van der Waals surface area contributed by atoms with E-state index in [1.165, 1.54) is 36.6 Å². The molecule has 3 rings (SSSR count). The van der Waals surface area contributed by atoms with Crippen molar-refractivity contribution in [1.29, 1.82) is 0 Å². The van der Waals surface area contributed by atoms with E-state index in [1.807, 2.05) is 11.3 Å². The van der Waals surface area contributed by atoms with Crippen LogP contribution in [0.3, 0.4) is 0 Å². The van der Waals surface area contributed by atoms with Gasteiger partial charge < -0.3 is 5.32 Å². The molecule has 2 aliphatic rings. The van der Waals surface area contributed by atoms with Crippen molar-refractivity contribution in [2.75, 3.05) is 19.6 Å². The highest BCUT2D eigenvalue weighted by atomic mass is 32.2. The van der Waals surface area contributed by atoms with Gasteiger partial charge in [-0.2, -0.15) is 0 Å². The molecule has 1 fully saturated rings. The van der Waals surface area contributed by atoms with Crippen molar-refractivity contribution in [1.82, 2.24) is 10.2 Å². The van der Waals surface area contributed by atoms with Crippen molar-refractivity contribution < 1.29 is 0 Å². The molecule has 19 heavy (non-hydrogen) atoms. The summed E-state index contributed by atoms with van der Waals surface area (Å²) in [4.78, 5) is 2.63. The van der Waals surface area contributed by atoms with Crippen molar-refractivity contribution in [2.45, 2.75) is 54.7 Å². The Morgan fingerprint density at radius 2 is 2.37 bits per heavy atom. The Balaban J connectivity index is 1.61. The van der Waals surface area contributed by atoms with Crippen LogP contribution in [0.1, 0.15) is 44.7 Å². The molecule has 1 saturated heterocycles. The van der Waals surface area contributed by atoms with Crippen LogP contribution >= 0.6 is 23.1 Å². The van der Waals surface area contributed by atoms with E-state index in [4.69, 9.17) is 0 Å². The number of nitrogens with one attached hydrogen (secondary N) is 1. The molecule has 2 unspecified atom stereocenters. The van der Waals surface area contributed by atoms with Gasteiger partial charge in [0.05, 0.1) is 4.21 Å². The Kier molecular flexibility index (Phi) is 4.52. The molecule has 0 saturated carbocycles.